The molecule has 0 fully saturated rings. The summed E-state index contributed by atoms with van der Waals surface area (Å²) in [5.41, 5.74) is 7.24. The molecule has 7 heteroatoms. The Morgan fingerprint density at radius 2 is 1.68 bits per heavy atom. The smallest absolute Gasteiger partial charge is 0.314 e. The number of nitrogen functional groups attached to an aromatic ring is 1. The molecule has 0 heterocycles. The molecule has 0 saturated heterocycles. The number of aryl methyl sites for hydroxylation is 1. The lowest BCUT2D eigenvalue weighted by atomic mass is 10.2. The van der Waals surface area contributed by atoms with Crippen LogP contribution in [0, 0.1) is 6.92 Å². The highest BCUT2D eigenvalue weighted by Gasteiger charge is 2.17. The van der Waals surface area contributed by atoms with Crippen molar-refractivity contribution >= 4 is 40.5 Å². The monoisotopic (exact) mass is 319 g/mol. The molecular formula is C15H14ClN3O3. The number of anilines is 3. The van der Waals surface area contributed by atoms with Gasteiger partial charge in [-0.15, -0.1) is 0 Å². The first kappa shape index (κ1) is 15.7. The topological polar surface area (TPSA) is 104 Å². The van der Waals surface area contributed by atoms with Gasteiger partial charge < -0.3 is 21.5 Å². The highest BCUT2D eigenvalue weighted by molar-refractivity contribution is 6.45. The second-order valence-electron chi connectivity index (χ2n) is 4.67. The third-order valence-electron chi connectivity index (χ3n) is 2.85. The fraction of sp³-hybridized carbons (Fsp3) is 0.0667. The molecule has 0 bridgehead atoms. The summed E-state index contributed by atoms with van der Waals surface area (Å²) in [6.45, 7) is 1.79. The van der Waals surface area contributed by atoms with Crippen molar-refractivity contribution in [1.82, 2.24) is 0 Å². The Balaban J connectivity index is 2.09. The van der Waals surface area contributed by atoms with Gasteiger partial charge in [-0.1, -0.05) is 17.7 Å². The molecule has 2 rings (SSSR count). The zero-order chi connectivity index (χ0) is 16.3. The van der Waals surface area contributed by atoms with Gasteiger partial charge in [0.15, 0.2) is 0 Å². The number of carbonyl (C=O) groups excluding carboxylic acids is 2. The van der Waals surface area contributed by atoms with Crippen LogP contribution < -0.4 is 16.4 Å². The van der Waals surface area contributed by atoms with Gasteiger partial charge in [-0.05, 0) is 42.8 Å². The van der Waals surface area contributed by atoms with Crippen LogP contribution in [-0.4, -0.2) is 16.9 Å². The Morgan fingerprint density at radius 3 is 2.32 bits per heavy atom. The lowest BCUT2D eigenvalue weighted by Crippen LogP contribution is -2.29. The maximum absolute atomic E-state index is 11.9. The van der Waals surface area contributed by atoms with Crippen molar-refractivity contribution in [1.29, 1.82) is 0 Å². The van der Waals surface area contributed by atoms with Crippen LogP contribution in [0.3, 0.4) is 0 Å². The molecule has 2 amide bonds. The molecule has 0 aromatic heterocycles. The second-order valence-corrected chi connectivity index (χ2v) is 5.08. The van der Waals surface area contributed by atoms with Gasteiger partial charge >= 0.3 is 11.8 Å². The first-order chi connectivity index (χ1) is 10.4. The maximum atomic E-state index is 11.9. The van der Waals surface area contributed by atoms with Crippen LogP contribution in [-0.2, 0) is 9.59 Å². The van der Waals surface area contributed by atoms with E-state index in [0.29, 0.717) is 5.69 Å². The Morgan fingerprint density at radius 1 is 1.05 bits per heavy atom. The predicted molar refractivity (Wildman–Crippen MR) is 86.0 cm³/mol. The van der Waals surface area contributed by atoms with Crippen molar-refractivity contribution in [3.63, 3.8) is 0 Å². The van der Waals surface area contributed by atoms with Gasteiger partial charge in [-0.3, -0.25) is 9.59 Å². The van der Waals surface area contributed by atoms with Gasteiger partial charge in [0.05, 0.1) is 16.4 Å². The Kier molecular flexibility index (Phi) is 4.53. The molecule has 0 radical (unpaired) electrons. The first-order valence-corrected chi connectivity index (χ1v) is 6.71. The minimum Gasteiger partial charge on any atom is -0.506 e. The number of halogens is 1. The van der Waals surface area contributed by atoms with E-state index in [-0.39, 0.29) is 22.1 Å². The fourth-order valence-corrected chi connectivity index (χ4v) is 1.98. The number of aromatic hydroxyl groups is 1. The van der Waals surface area contributed by atoms with Crippen LogP contribution in [0.15, 0.2) is 36.4 Å². The number of amides is 2. The van der Waals surface area contributed by atoms with Crippen molar-refractivity contribution in [3.05, 3.63) is 47.0 Å². The Hall–Kier alpha value is -2.73. The standard InChI is InChI=1S/C15H14ClN3O3/c1-8-2-5-13(20)12(6-8)19-15(22)14(21)18-11-4-3-9(17)7-10(11)16/h2-7,20H,17H2,1H3,(H,18,21)(H,19,22). The molecule has 22 heavy (non-hydrogen) atoms. The van der Waals surface area contributed by atoms with Crippen LogP contribution in [0.25, 0.3) is 0 Å². The lowest BCUT2D eigenvalue weighted by Gasteiger charge is -2.10. The number of nitrogens with two attached hydrogens (primary N) is 1. The minimum atomic E-state index is -0.922. The molecule has 114 valence electrons. The normalized spacial score (nSPS) is 10.1. The highest BCUT2D eigenvalue weighted by Crippen LogP contribution is 2.25. The molecule has 0 unspecified atom stereocenters. The van der Waals surface area contributed by atoms with E-state index in [1.807, 2.05) is 0 Å². The summed E-state index contributed by atoms with van der Waals surface area (Å²) in [7, 11) is 0. The number of hydrogen-bond acceptors (Lipinski definition) is 4. The Labute approximate surface area is 131 Å². The van der Waals surface area contributed by atoms with Gasteiger partial charge in [0, 0.05) is 5.69 Å². The third kappa shape index (κ3) is 3.67. The molecule has 0 aliphatic heterocycles. The average Bonchev–Trinajstić information content (AvgIpc) is 2.45. The molecular weight excluding hydrogens is 306 g/mol. The summed E-state index contributed by atoms with van der Waals surface area (Å²) in [6.07, 6.45) is 0. The quantitative estimate of drug-likeness (QED) is 0.388. The van der Waals surface area contributed by atoms with Crippen molar-refractivity contribution < 1.29 is 14.7 Å². The number of nitrogens with one attached hydrogen (secondary N) is 2. The minimum absolute atomic E-state index is 0.128. The molecule has 6 nitrogen and oxygen atoms in total. The second kappa shape index (κ2) is 6.36. The summed E-state index contributed by atoms with van der Waals surface area (Å²) in [5.74, 6) is -1.96. The van der Waals surface area contributed by atoms with E-state index in [1.54, 1.807) is 25.1 Å². The number of benzene rings is 2. The summed E-state index contributed by atoms with van der Waals surface area (Å²) in [4.78, 5) is 23.7. The number of phenols is 1. The van der Waals surface area contributed by atoms with Gasteiger partial charge in [-0.2, -0.15) is 0 Å². The average molecular weight is 320 g/mol. The van der Waals surface area contributed by atoms with Gasteiger partial charge in [0.2, 0.25) is 0 Å². The molecule has 0 saturated carbocycles. The molecule has 0 spiro atoms. The van der Waals surface area contributed by atoms with E-state index in [1.165, 1.54) is 18.2 Å². The van der Waals surface area contributed by atoms with Gasteiger partial charge in [-0.25, -0.2) is 0 Å². The number of hydrogen-bond donors (Lipinski definition) is 4. The van der Waals surface area contributed by atoms with Crippen LogP contribution in [0.2, 0.25) is 5.02 Å². The van der Waals surface area contributed by atoms with E-state index in [9.17, 15) is 14.7 Å². The number of phenolic OH excluding ortho intramolecular Hbond substituents is 1. The number of rotatable bonds is 2. The van der Waals surface area contributed by atoms with E-state index in [4.69, 9.17) is 17.3 Å². The SMILES string of the molecule is Cc1ccc(O)c(NC(=O)C(=O)Nc2ccc(N)cc2Cl)c1. The zero-order valence-corrected chi connectivity index (χ0v) is 12.4. The number of carbonyl (C=O) groups is 2. The van der Waals surface area contributed by atoms with Crippen molar-refractivity contribution in [2.75, 3.05) is 16.4 Å². The van der Waals surface area contributed by atoms with Crippen LogP contribution >= 0.6 is 11.6 Å². The Bertz CT molecular complexity index is 747. The predicted octanol–water partition coefficient (Wildman–Crippen LogP) is 2.51. The maximum Gasteiger partial charge on any atom is 0.314 e. The van der Waals surface area contributed by atoms with Crippen molar-refractivity contribution in [3.8, 4) is 5.75 Å². The third-order valence-corrected chi connectivity index (χ3v) is 3.16. The highest BCUT2D eigenvalue weighted by atomic mass is 35.5. The van der Waals surface area contributed by atoms with E-state index >= 15 is 0 Å². The summed E-state index contributed by atoms with van der Waals surface area (Å²) >= 11 is 5.92. The van der Waals surface area contributed by atoms with E-state index in [2.05, 4.69) is 10.6 Å². The largest absolute Gasteiger partial charge is 0.506 e. The molecule has 0 aliphatic carbocycles. The zero-order valence-electron chi connectivity index (χ0n) is 11.7. The van der Waals surface area contributed by atoms with Gasteiger partial charge in [0.25, 0.3) is 0 Å². The molecule has 5 N–H and O–H groups in total. The van der Waals surface area contributed by atoms with E-state index in [0.717, 1.165) is 5.56 Å². The summed E-state index contributed by atoms with van der Waals surface area (Å²) in [5, 5.41) is 14.6. The summed E-state index contributed by atoms with van der Waals surface area (Å²) < 4.78 is 0. The van der Waals surface area contributed by atoms with Crippen LogP contribution in [0.4, 0.5) is 17.1 Å². The summed E-state index contributed by atoms with van der Waals surface area (Å²) in [6, 6.07) is 9.16. The molecule has 2 aromatic carbocycles. The first-order valence-electron chi connectivity index (χ1n) is 6.34. The van der Waals surface area contributed by atoms with Crippen molar-refractivity contribution in [2.24, 2.45) is 0 Å². The lowest BCUT2D eigenvalue weighted by molar-refractivity contribution is -0.133. The van der Waals surface area contributed by atoms with Gasteiger partial charge in [0.1, 0.15) is 5.75 Å². The molecule has 2 aromatic rings. The molecule has 0 aliphatic rings. The molecule has 0 atom stereocenters. The fourth-order valence-electron chi connectivity index (χ4n) is 1.74. The van der Waals surface area contributed by atoms with Crippen LogP contribution in [0.5, 0.6) is 5.75 Å². The van der Waals surface area contributed by atoms with Crippen molar-refractivity contribution in [2.45, 2.75) is 6.92 Å². The van der Waals surface area contributed by atoms with E-state index < -0.39 is 11.8 Å². The van der Waals surface area contributed by atoms with Crippen LogP contribution in [0.1, 0.15) is 5.56 Å².